The van der Waals surface area contributed by atoms with E-state index in [4.69, 9.17) is 0 Å². The molecule has 0 atom stereocenters. The van der Waals surface area contributed by atoms with E-state index in [2.05, 4.69) is 15.4 Å². The van der Waals surface area contributed by atoms with Crippen molar-refractivity contribution in [1.29, 1.82) is 0 Å². The summed E-state index contributed by atoms with van der Waals surface area (Å²) in [5, 5.41) is 7.53. The molecule has 2 aromatic heterocycles. The molecule has 29 heavy (non-hydrogen) atoms. The van der Waals surface area contributed by atoms with Crippen molar-refractivity contribution in [2.45, 2.75) is 13.5 Å². The van der Waals surface area contributed by atoms with Crippen LogP contribution in [0.1, 0.15) is 21.5 Å². The van der Waals surface area contributed by atoms with Gasteiger partial charge in [0.2, 0.25) is 0 Å². The minimum atomic E-state index is -0.325. The number of amides is 1. The van der Waals surface area contributed by atoms with Crippen LogP contribution in [-0.2, 0) is 6.54 Å². The molecule has 2 aromatic carbocycles. The van der Waals surface area contributed by atoms with Crippen molar-refractivity contribution < 1.29 is 9.18 Å². The standard InChI is InChI=1S/C23H19FN4O/c1-16-4-6-18(7-5-16)22-21(23(29)26-14-17-3-2-12-25-13-17)15-28(27-22)20-10-8-19(24)9-11-20/h2-13,15H,14H2,1H3,(H,26,29). The summed E-state index contributed by atoms with van der Waals surface area (Å²) < 4.78 is 14.9. The molecule has 0 aliphatic rings. The van der Waals surface area contributed by atoms with Crippen molar-refractivity contribution in [3.8, 4) is 16.9 Å². The summed E-state index contributed by atoms with van der Waals surface area (Å²) in [6.45, 7) is 2.37. The second-order valence-corrected chi connectivity index (χ2v) is 6.72. The average molecular weight is 386 g/mol. The highest BCUT2D eigenvalue weighted by Gasteiger charge is 2.18. The van der Waals surface area contributed by atoms with Crippen molar-refractivity contribution in [1.82, 2.24) is 20.1 Å². The molecular weight excluding hydrogens is 367 g/mol. The number of benzene rings is 2. The SMILES string of the molecule is Cc1ccc(-c2nn(-c3ccc(F)cc3)cc2C(=O)NCc2cccnc2)cc1. The van der Waals surface area contributed by atoms with Crippen LogP contribution in [0.5, 0.6) is 0 Å². The highest BCUT2D eigenvalue weighted by molar-refractivity contribution is 5.99. The Morgan fingerprint density at radius 1 is 1.07 bits per heavy atom. The Kier molecular flexibility index (Phi) is 5.16. The van der Waals surface area contributed by atoms with Crippen LogP contribution >= 0.6 is 0 Å². The lowest BCUT2D eigenvalue weighted by atomic mass is 10.1. The van der Waals surface area contributed by atoms with E-state index < -0.39 is 0 Å². The van der Waals surface area contributed by atoms with Gasteiger partial charge < -0.3 is 5.32 Å². The number of aromatic nitrogens is 3. The van der Waals surface area contributed by atoms with Crippen LogP contribution in [-0.4, -0.2) is 20.7 Å². The van der Waals surface area contributed by atoms with E-state index in [0.29, 0.717) is 23.5 Å². The largest absolute Gasteiger partial charge is 0.348 e. The van der Waals surface area contributed by atoms with Crippen LogP contribution in [0, 0.1) is 12.7 Å². The second kappa shape index (κ2) is 8.06. The molecule has 0 saturated carbocycles. The molecule has 5 nitrogen and oxygen atoms in total. The Morgan fingerprint density at radius 3 is 2.52 bits per heavy atom. The predicted molar refractivity (Wildman–Crippen MR) is 109 cm³/mol. The summed E-state index contributed by atoms with van der Waals surface area (Å²) in [5.74, 6) is -0.563. The molecule has 0 spiro atoms. The maximum absolute atomic E-state index is 13.3. The minimum Gasteiger partial charge on any atom is -0.348 e. The topological polar surface area (TPSA) is 59.8 Å². The normalized spacial score (nSPS) is 10.7. The van der Waals surface area contributed by atoms with E-state index in [9.17, 15) is 9.18 Å². The average Bonchev–Trinajstić information content (AvgIpc) is 3.19. The van der Waals surface area contributed by atoms with Gasteiger partial charge in [-0.3, -0.25) is 9.78 Å². The molecule has 0 radical (unpaired) electrons. The zero-order valence-electron chi connectivity index (χ0n) is 15.8. The van der Waals surface area contributed by atoms with Gasteiger partial charge >= 0.3 is 0 Å². The first-order chi connectivity index (χ1) is 14.1. The van der Waals surface area contributed by atoms with E-state index in [0.717, 1.165) is 16.7 Å². The van der Waals surface area contributed by atoms with E-state index >= 15 is 0 Å². The lowest BCUT2D eigenvalue weighted by Crippen LogP contribution is -2.23. The first-order valence-corrected chi connectivity index (χ1v) is 9.20. The number of carbonyl (C=O) groups excluding carboxylic acids is 1. The van der Waals surface area contributed by atoms with E-state index in [-0.39, 0.29) is 11.7 Å². The van der Waals surface area contributed by atoms with Gasteiger partial charge in [0.25, 0.3) is 5.91 Å². The Morgan fingerprint density at radius 2 is 1.83 bits per heavy atom. The van der Waals surface area contributed by atoms with Crippen LogP contribution in [0.15, 0.2) is 79.3 Å². The Balaban J connectivity index is 1.69. The molecule has 0 unspecified atom stereocenters. The molecule has 144 valence electrons. The number of rotatable bonds is 5. The Bertz CT molecular complexity index is 1120. The third-order valence-electron chi connectivity index (χ3n) is 4.55. The number of pyridine rings is 1. The highest BCUT2D eigenvalue weighted by Crippen LogP contribution is 2.24. The summed E-state index contributed by atoms with van der Waals surface area (Å²) in [4.78, 5) is 17.0. The summed E-state index contributed by atoms with van der Waals surface area (Å²) in [6, 6.07) is 17.5. The third kappa shape index (κ3) is 4.21. The number of nitrogens with one attached hydrogen (secondary N) is 1. The number of halogens is 1. The lowest BCUT2D eigenvalue weighted by Gasteiger charge is -2.05. The molecule has 6 heteroatoms. The van der Waals surface area contributed by atoms with Crippen LogP contribution in [0.4, 0.5) is 4.39 Å². The molecule has 0 aliphatic heterocycles. The van der Waals surface area contributed by atoms with Gasteiger partial charge in [-0.2, -0.15) is 5.10 Å². The summed E-state index contributed by atoms with van der Waals surface area (Å²) >= 11 is 0. The fourth-order valence-corrected chi connectivity index (χ4v) is 2.97. The maximum atomic E-state index is 13.3. The van der Waals surface area contributed by atoms with Crippen molar-refractivity contribution in [3.63, 3.8) is 0 Å². The third-order valence-corrected chi connectivity index (χ3v) is 4.55. The monoisotopic (exact) mass is 386 g/mol. The van der Waals surface area contributed by atoms with Crippen molar-refractivity contribution in [2.24, 2.45) is 0 Å². The molecule has 0 bridgehead atoms. The van der Waals surface area contributed by atoms with Gasteiger partial charge in [-0.25, -0.2) is 9.07 Å². The Hall–Kier alpha value is -3.80. The van der Waals surface area contributed by atoms with Gasteiger partial charge in [0.15, 0.2) is 0 Å². The summed E-state index contributed by atoms with van der Waals surface area (Å²) in [7, 11) is 0. The first-order valence-electron chi connectivity index (χ1n) is 9.20. The zero-order valence-corrected chi connectivity index (χ0v) is 15.8. The van der Waals surface area contributed by atoms with Crippen LogP contribution in [0.2, 0.25) is 0 Å². The lowest BCUT2D eigenvalue weighted by molar-refractivity contribution is 0.0951. The van der Waals surface area contributed by atoms with E-state index in [1.54, 1.807) is 35.4 Å². The van der Waals surface area contributed by atoms with E-state index in [1.165, 1.54) is 12.1 Å². The zero-order chi connectivity index (χ0) is 20.2. The molecule has 0 fully saturated rings. The number of nitrogens with zero attached hydrogens (tertiary/aromatic N) is 3. The van der Waals surface area contributed by atoms with Gasteiger partial charge in [-0.15, -0.1) is 0 Å². The maximum Gasteiger partial charge on any atom is 0.255 e. The van der Waals surface area contributed by atoms with Crippen LogP contribution < -0.4 is 5.32 Å². The van der Waals surface area contributed by atoms with Gasteiger partial charge in [0.1, 0.15) is 11.5 Å². The van der Waals surface area contributed by atoms with Gasteiger partial charge in [-0.05, 0) is 42.8 Å². The quantitative estimate of drug-likeness (QED) is 0.556. The van der Waals surface area contributed by atoms with Crippen LogP contribution in [0.3, 0.4) is 0 Å². The Labute approximate surface area is 167 Å². The predicted octanol–water partition coefficient (Wildman–Crippen LogP) is 4.31. The van der Waals surface area contributed by atoms with Crippen molar-refractivity contribution in [2.75, 3.05) is 0 Å². The molecule has 2 heterocycles. The smallest absolute Gasteiger partial charge is 0.255 e. The fraction of sp³-hybridized carbons (Fsp3) is 0.0870. The molecule has 1 amide bonds. The number of hydrogen-bond acceptors (Lipinski definition) is 3. The van der Waals surface area contributed by atoms with Gasteiger partial charge in [0, 0.05) is 30.7 Å². The van der Waals surface area contributed by atoms with Gasteiger partial charge in [0.05, 0.1) is 11.3 Å². The number of carbonyl (C=O) groups is 1. The second-order valence-electron chi connectivity index (χ2n) is 6.72. The fourth-order valence-electron chi connectivity index (χ4n) is 2.97. The number of aryl methyl sites for hydroxylation is 1. The number of hydrogen-bond donors (Lipinski definition) is 1. The molecule has 4 rings (SSSR count). The van der Waals surface area contributed by atoms with Crippen molar-refractivity contribution in [3.05, 3.63) is 102 Å². The van der Waals surface area contributed by atoms with Crippen molar-refractivity contribution >= 4 is 5.91 Å². The molecule has 0 aliphatic carbocycles. The molecular formula is C23H19FN4O. The van der Waals surface area contributed by atoms with E-state index in [1.807, 2.05) is 43.3 Å². The van der Waals surface area contributed by atoms with Crippen LogP contribution in [0.25, 0.3) is 16.9 Å². The molecule has 4 aromatic rings. The summed E-state index contributed by atoms with van der Waals surface area (Å²) in [6.07, 6.45) is 5.07. The first kappa shape index (κ1) is 18.6. The minimum absolute atomic E-state index is 0.238. The van der Waals surface area contributed by atoms with Gasteiger partial charge in [-0.1, -0.05) is 35.9 Å². The molecule has 0 saturated heterocycles. The molecule has 1 N–H and O–H groups in total. The summed E-state index contributed by atoms with van der Waals surface area (Å²) in [5.41, 5.74) is 4.55. The highest BCUT2D eigenvalue weighted by atomic mass is 19.1.